The fraction of sp³-hybridized carbons (Fsp3) is 0.385. The van der Waals surface area contributed by atoms with E-state index in [1.165, 1.54) is 12.1 Å². The number of rotatable bonds is 9. The molecule has 0 atom stereocenters. The van der Waals surface area contributed by atoms with Crippen molar-refractivity contribution in [3.05, 3.63) is 36.3 Å². The summed E-state index contributed by atoms with van der Waals surface area (Å²) in [5.74, 6) is -0.983. The van der Waals surface area contributed by atoms with Gasteiger partial charge in [0.25, 0.3) is 0 Å². The summed E-state index contributed by atoms with van der Waals surface area (Å²) in [6.45, 7) is 4.68. The molecule has 6 heteroatoms. The Morgan fingerprint density at radius 2 is 2.26 bits per heavy atom. The number of carboxylic acid groups (broad SMARTS) is 1. The average molecular weight is 267 g/mol. The van der Waals surface area contributed by atoms with Gasteiger partial charge in [0, 0.05) is 13.0 Å². The third-order valence-electron chi connectivity index (χ3n) is 2.26. The lowest BCUT2D eigenvalue weighted by atomic mass is 10.3. The summed E-state index contributed by atoms with van der Waals surface area (Å²) >= 11 is 0. The van der Waals surface area contributed by atoms with Gasteiger partial charge in [0.05, 0.1) is 13.2 Å². The van der Waals surface area contributed by atoms with E-state index in [2.05, 4.69) is 11.9 Å². The maximum absolute atomic E-state index is 11.4. The lowest BCUT2D eigenvalue weighted by molar-refractivity contribution is -0.121. The zero-order valence-electron chi connectivity index (χ0n) is 10.6. The van der Waals surface area contributed by atoms with Crippen LogP contribution in [0.4, 0.5) is 0 Å². The molecule has 0 radical (unpaired) electrons. The largest absolute Gasteiger partial charge is 0.475 e. The molecule has 6 nitrogen and oxygen atoms in total. The number of furan rings is 1. The number of nitrogens with one attached hydrogen (secondary N) is 1. The van der Waals surface area contributed by atoms with Crippen LogP contribution in [0.25, 0.3) is 0 Å². The number of amides is 1. The molecule has 0 aromatic carbocycles. The molecular formula is C13H17NO5. The molecule has 0 aliphatic heterocycles. The standard InChI is InChI=1S/C13H17NO5/c1-2-7-18-8-3-4-12(15)14-9-10-5-6-11(19-10)13(16)17/h2,5-6H,1,3-4,7-9H2,(H,14,15)(H,16,17). The van der Waals surface area contributed by atoms with E-state index in [1.807, 2.05) is 0 Å². The van der Waals surface area contributed by atoms with Gasteiger partial charge in [0.15, 0.2) is 0 Å². The van der Waals surface area contributed by atoms with Crippen LogP contribution in [0.15, 0.2) is 29.2 Å². The van der Waals surface area contributed by atoms with Gasteiger partial charge in [-0.05, 0) is 18.6 Å². The number of carbonyl (C=O) groups excluding carboxylic acids is 1. The predicted molar refractivity (Wildman–Crippen MR) is 67.8 cm³/mol. The predicted octanol–water partition coefficient (Wildman–Crippen LogP) is 1.58. The van der Waals surface area contributed by atoms with Gasteiger partial charge in [-0.15, -0.1) is 6.58 Å². The molecule has 1 aromatic rings. The Hall–Kier alpha value is -2.08. The highest BCUT2D eigenvalue weighted by molar-refractivity contribution is 5.84. The highest BCUT2D eigenvalue weighted by atomic mass is 16.5. The molecule has 0 fully saturated rings. The van der Waals surface area contributed by atoms with E-state index in [0.717, 1.165) is 0 Å². The van der Waals surface area contributed by atoms with E-state index in [-0.39, 0.29) is 18.2 Å². The summed E-state index contributed by atoms with van der Waals surface area (Å²) in [7, 11) is 0. The first-order chi connectivity index (χ1) is 9.13. The Morgan fingerprint density at radius 1 is 1.47 bits per heavy atom. The van der Waals surface area contributed by atoms with E-state index in [0.29, 0.717) is 31.8 Å². The van der Waals surface area contributed by atoms with E-state index in [4.69, 9.17) is 14.3 Å². The number of hydrogen-bond donors (Lipinski definition) is 2. The summed E-state index contributed by atoms with van der Waals surface area (Å²) in [6.07, 6.45) is 2.62. The minimum atomic E-state index is -1.13. The second-order valence-corrected chi connectivity index (χ2v) is 3.81. The highest BCUT2D eigenvalue weighted by Gasteiger charge is 2.09. The molecule has 1 amide bonds. The second kappa shape index (κ2) is 8.10. The first kappa shape index (κ1) is 15.0. The molecule has 19 heavy (non-hydrogen) atoms. The van der Waals surface area contributed by atoms with Crippen molar-refractivity contribution in [1.29, 1.82) is 0 Å². The van der Waals surface area contributed by atoms with Crippen molar-refractivity contribution in [2.45, 2.75) is 19.4 Å². The van der Waals surface area contributed by atoms with Gasteiger partial charge in [-0.3, -0.25) is 4.79 Å². The average Bonchev–Trinajstić information content (AvgIpc) is 2.85. The summed E-state index contributed by atoms with van der Waals surface area (Å²) in [5.41, 5.74) is 0. The van der Waals surface area contributed by atoms with Gasteiger partial charge in [0.1, 0.15) is 5.76 Å². The molecule has 0 unspecified atom stereocenters. The number of ether oxygens (including phenoxy) is 1. The summed E-state index contributed by atoms with van der Waals surface area (Å²) in [4.78, 5) is 22.0. The smallest absolute Gasteiger partial charge is 0.371 e. The van der Waals surface area contributed by atoms with Crippen LogP contribution in [0.5, 0.6) is 0 Å². The van der Waals surface area contributed by atoms with E-state index in [1.54, 1.807) is 6.08 Å². The van der Waals surface area contributed by atoms with Crippen molar-refractivity contribution in [3.8, 4) is 0 Å². The molecule has 0 spiro atoms. The first-order valence-electron chi connectivity index (χ1n) is 5.91. The fourth-order valence-corrected chi connectivity index (χ4v) is 1.36. The Balaban J connectivity index is 2.18. The monoisotopic (exact) mass is 267 g/mol. The van der Waals surface area contributed by atoms with Gasteiger partial charge < -0.3 is 19.6 Å². The molecule has 104 valence electrons. The van der Waals surface area contributed by atoms with Crippen LogP contribution in [0.2, 0.25) is 0 Å². The van der Waals surface area contributed by atoms with E-state index in [9.17, 15) is 9.59 Å². The van der Waals surface area contributed by atoms with Crippen molar-refractivity contribution in [2.24, 2.45) is 0 Å². The van der Waals surface area contributed by atoms with Crippen LogP contribution in [0.3, 0.4) is 0 Å². The number of carboxylic acids is 1. The quantitative estimate of drug-likeness (QED) is 0.523. The van der Waals surface area contributed by atoms with Crippen molar-refractivity contribution < 1.29 is 23.8 Å². The third-order valence-corrected chi connectivity index (χ3v) is 2.26. The Kier molecular flexibility index (Phi) is 6.38. The molecule has 2 N–H and O–H groups in total. The summed E-state index contributed by atoms with van der Waals surface area (Å²) < 4.78 is 10.1. The molecule has 1 heterocycles. The summed E-state index contributed by atoms with van der Waals surface area (Å²) in [5, 5.41) is 11.3. The van der Waals surface area contributed by atoms with Gasteiger partial charge in [-0.25, -0.2) is 4.79 Å². The number of hydrogen-bond acceptors (Lipinski definition) is 4. The zero-order chi connectivity index (χ0) is 14.1. The molecule has 0 aliphatic rings. The van der Waals surface area contributed by atoms with E-state index < -0.39 is 5.97 Å². The van der Waals surface area contributed by atoms with Crippen LogP contribution in [0, 0.1) is 0 Å². The van der Waals surface area contributed by atoms with Crippen LogP contribution in [0.1, 0.15) is 29.2 Å². The van der Waals surface area contributed by atoms with Crippen molar-refractivity contribution in [1.82, 2.24) is 5.32 Å². The lowest BCUT2D eigenvalue weighted by Gasteiger charge is -2.03. The highest BCUT2D eigenvalue weighted by Crippen LogP contribution is 2.07. The normalized spacial score (nSPS) is 10.1. The van der Waals surface area contributed by atoms with Crippen molar-refractivity contribution in [2.75, 3.05) is 13.2 Å². The molecule has 1 rings (SSSR count). The topological polar surface area (TPSA) is 88.8 Å². The molecule has 0 saturated carbocycles. The minimum absolute atomic E-state index is 0.129. The van der Waals surface area contributed by atoms with Crippen LogP contribution >= 0.6 is 0 Å². The zero-order valence-corrected chi connectivity index (χ0v) is 10.6. The Morgan fingerprint density at radius 3 is 2.89 bits per heavy atom. The Labute approximate surface area is 111 Å². The number of carbonyl (C=O) groups is 2. The second-order valence-electron chi connectivity index (χ2n) is 3.81. The molecule has 0 saturated heterocycles. The van der Waals surface area contributed by atoms with Crippen LogP contribution in [-0.4, -0.2) is 30.2 Å². The third kappa shape index (κ3) is 5.87. The van der Waals surface area contributed by atoms with Gasteiger partial charge >= 0.3 is 5.97 Å². The van der Waals surface area contributed by atoms with Gasteiger partial charge in [0.2, 0.25) is 11.7 Å². The lowest BCUT2D eigenvalue weighted by Crippen LogP contribution is -2.22. The molecule has 0 bridgehead atoms. The minimum Gasteiger partial charge on any atom is -0.475 e. The molecule has 0 aliphatic carbocycles. The van der Waals surface area contributed by atoms with Crippen LogP contribution in [-0.2, 0) is 16.1 Å². The molecular weight excluding hydrogens is 250 g/mol. The van der Waals surface area contributed by atoms with Crippen molar-refractivity contribution >= 4 is 11.9 Å². The maximum Gasteiger partial charge on any atom is 0.371 e. The fourth-order valence-electron chi connectivity index (χ4n) is 1.36. The maximum atomic E-state index is 11.4. The molecule has 1 aromatic heterocycles. The van der Waals surface area contributed by atoms with Crippen LogP contribution < -0.4 is 5.32 Å². The SMILES string of the molecule is C=CCOCCCC(=O)NCc1ccc(C(=O)O)o1. The van der Waals surface area contributed by atoms with E-state index >= 15 is 0 Å². The van der Waals surface area contributed by atoms with Gasteiger partial charge in [-0.2, -0.15) is 0 Å². The number of aromatic carboxylic acids is 1. The Bertz CT molecular complexity index is 438. The van der Waals surface area contributed by atoms with Gasteiger partial charge in [-0.1, -0.05) is 6.08 Å². The summed E-state index contributed by atoms with van der Waals surface area (Å²) in [6, 6.07) is 2.88. The van der Waals surface area contributed by atoms with Crippen molar-refractivity contribution in [3.63, 3.8) is 0 Å². The first-order valence-corrected chi connectivity index (χ1v) is 5.91.